The minimum Gasteiger partial charge on any atom is -0.477 e. The van der Waals surface area contributed by atoms with Gasteiger partial charge in [-0.05, 0) is 25.5 Å². The average molecular weight is 295 g/mol. The van der Waals surface area contributed by atoms with Crippen molar-refractivity contribution in [3.8, 4) is 0 Å². The molecule has 1 aromatic heterocycles. The van der Waals surface area contributed by atoms with Crippen LogP contribution in [0.25, 0.3) is 0 Å². The van der Waals surface area contributed by atoms with Crippen LogP contribution in [0.3, 0.4) is 0 Å². The normalized spacial score (nSPS) is 11.7. The molecule has 0 fully saturated rings. The van der Waals surface area contributed by atoms with Crippen LogP contribution in [0.2, 0.25) is 0 Å². The molecule has 1 aromatic rings. The lowest BCUT2D eigenvalue weighted by molar-refractivity contribution is -0.122. The third kappa shape index (κ3) is 5.68. The van der Waals surface area contributed by atoms with Crippen molar-refractivity contribution in [2.45, 2.75) is 39.3 Å². The largest absolute Gasteiger partial charge is 0.477 e. The Hall–Kier alpha value is -2.31. The summed E-state index contributed by atoms with van der Waals surface area (Å²) in [6.07, 6.45) is 2.58. The maximum absolute atomic E-state index is 11.7. The Morgan fingerprint density at radius 1 is 1.33 bits per heavy atom. The van der Waals surface area contributed by atoms with E-state index in [1.807, 2.05) is 13.8 Å². The number of rotatable bonds is 8. The summed E-state index contributed by atoms with van der Waals surface area (Å²) in [6, 6.07) is 3.11. The molecule has 7 heteroatoms. The Morgan fingerprint density at radius 2 is 2.05 bits per heavy atom. The lowest BCUT2D eigenvalue weighted by atomic mass is 10.2. The van der Waals surface area contributed by atoms with Crippen molar-refractivity contribution in [1.29, 1.82) is 0 Å². The summed E-state index contributed by atoms with van der Waals surface area (Å²) in [5.74, 6) is -1.53. The summed E-state index contributed by atoms with van der Waals surface area (Å²) >= 11 is 0. The number of carboxylic acids is 1. The van der Waals surface area contributed by atoms with E-state index in [-0.39, 0.29) is 43.1 Å². The van der Waals surface area contributed by atoms with Gasteiger partial charge < -0.3 is 20.3 Å². The van der Waals surface area contributed by atoms with Crippen LogP contribution >= 0.6 is 0 Å². The third-order valence-corrected chi connectivity index (χ3v) is 3.06. The molecule has 0 aliphatic carbocycles. The van der Waals surface area contributed by atoms with Crippen LogP contribution in [0.15, 0.2) is 18.3 Å². The Balaban J connectivity index is 2.33. The molecule has 0 saturated carbocycles. The molecule has 21 heavy (non-hydrogen) atoms. The Bertz CT molecular complexity index is 510. The number of carboxylic acid groups (broad SMARTS) is 1. The van der Waals surface area contributed by atoms with Gasteiger partial charge in [0.2, 0.25) is 11.8 Å². The van der Waals surface area contributed by atoms with E-state index < -0.39 is 5.97 Å². The molecule has 7 nitrogen and oxygen atoms in total. The predicted octanol–water partition coefficient (Wildman–Crippen LogP) is 0.607. The Labute approximate surface area is 123 Å². The lowest BCUT2D eigenvalue weighted by Crippen LogP contribution is -2.36. The van der Waals surface area contributed by atoms with Crippen molar-refractivity contribution < 1.29 is 19.5 Å². The second kappa shape index (κ2) is 8.08. The highest BCUT2D eigenvalue weighted by Gasteiger charge is 2.12. The number of amides is 2. The predicted molar refractivity (Wildman–Crippen MR) is 76.9 cm³/mol. The number of aromatic carboxylic acids is 1. The highest BCUT2D eigenvalue weighted by Crippen LogP contribution is 2.01. The van der Waals surface area contributed by atoms with E-state index in [2.05, 4.69) is 10.6 Å². The van der Waals surface area contributed by atoms with Gasteiger partial charge in [-0.3, -0.25) is 9.59 Å². The fourth-order valence-electron chi connectivity index (χ4n) is 1.72. The number of hydrogen-bond acceptors (Lipinski definition) is 3. The van der Waals surface area contributed by atoms with Crippen molar-refractivity contribution in [2.24, 2.45) is 0 Å². The zero-order valence-electron chi connectivity index (χ0n) is 12.3. The molecule has 116 valence electrons. The second-order valence-corrected chi connectivity index (χ2v) is 4.80. The molecule has 0 radical (unpaired) electrons. The van der Waals surface area contributed by atoms with Crippen molar-refractivity contribution in [3.05, 3.63) is 24.0 Å². The van der Waals surface area contributed by atoms with Crippen LogP contribution in [-0.4, -0.2) is 40.0 Å². The minimum atomic E-state index is -1.08. The van der Waals surface area contributed by atoms with Crippen LogP contribution in [0.4, 0.5) is 0 Å². The molecule has 2 amide bonds. The molecular formula is C14H21N3O4. The van der Waals surface area contributed by atoms with E-state index in [9.17, 15) is 14.4 Å². The number of hydrogen-bond donors (Lipinski definition) is 3. The summed E-state index contributed by atoms with van der Waals surface area (Å²) in [4.78, 5) is 34.1. The van der Waals surface area contributed by atoms with Crippen LogP contribution < -0.4 is 10.6 Å². The van der Waals surface area contributed by atoms with Gasteiger partial charge in [-0.25, -0.2) is 4.79 Å². The van der Waals surface area contributed by atoms with Gasteiger partial charge in [-0.1, -0.05) is 6.92 Å². The van der Waals surface area contributed by atoms with E-state index in [0.29, 0.717) is 0 Å². The van der Waals surface area contributed by atoms with Crippen LogP contribution in [0.5, 0.6) is 0 Å². The molecule has 1 heterocycles. The first kappa shape index (κ1) is 16.7. The molecule has 0 spiro atoms. The first-order valence-corrected chi connectivity index (χ1v) is 6.88. The number of aromatic nitrogens is 1. The van der Waals surface area contributed by atoms with E-state index in [4.69, 9.17) is 5.11 Å². The molecule has 1 atom stereocenters. The SMILES string of the molecule is CCC(C)NC(=O)CCNC(=O)Cn1cccc1C(=O)O. The average Bonchev–Trinajstić information content (AvgIpc) is 2.86. The summed E-state index contributed by atoms with van der Waals surface area (Å²) in [6.45, 7) is 4.03. The first-order chi connectivity index (χ1) is 9.93. The molecule has 0 saturated heterocycles. The van der Waals surface area contributed by atoms with Crippen molar-refractivity contribution >= 4 is 17.8 Å². The molecule has 0 aromatic carbocycles. The minimum absolute atomic E-state index is 0.0552. The third-order valence-electron chi connectivity index (χ3n) is 3.06. The molecule has 1 rings (SSSR count). The summed E-state index contributed by atoms with van der Waals surface area (Å²) in [5.41, 5.74) is 0.0552. The van der Waals surface area contributed by atoms with Gasteiger partial charge in [-0.15, -0.1) is 0 Å². The van der Waals surface area contributed by atoms with Crippen LogP contribution in [-0.2, 0) is 16.1 Å². The van der Waals surface area contributed by atoms with Gasteiger partial charge in [-0.2, -0.15) is 0 Å². The fourth-order valence-corrected chi connectivity index (χ4v) is 1.72. The highest BCUT2D eigenvalue weighted by atomic mass is 16.4. The van der Waals surface area contributed by atoms with E-state index in [1.54, 1.807) is 6.07 Å². The van der Waals surface area contributed by atoms with Crippen LogP contribution in [0, 0.1) is 0 Å². The molecule has 1 unspecified atom stereocenters. The summed E-state index contributed by atoms with van der Waals surface area (Å²) in [7, 11) is 0. The number of carbonyl (C=O) groups excluding carboxylic acids is 2. The summed E-state index contributed by atoms with van der Waals surface area (Å²) in [5, 5.41) is 14.3. The fraction of sp³-hybridized carbons (Fsp3) is 0.500. The molecule has 0 aliphatic rings. The first-order valence-electron chi connectivity index (χ1n) is 6.88. The van der Waals surface area contributed by atoms with E-state index in [1.165, 1.54) is 16.8 Å². The van der Waals surface area contributed by atoms with Gasteiger partial charge in [0.05, 0.1) is 0 Å². The highest BCUT2D eigenvalue weighted by molar-refractivity contribution is 5.87. The maximum atomic E-state index is 11.7. The number of carbonyl (C=O) groups is 3. The van der Waals surface area contributed by atoms with Crippen molar-refractivity contribution in [1.82, 2.24) is 15.2 Å². The zero-order chi connectivity index (χ0) is 15.8. The van der Waals surface area contributed by atoms with Crippen molar-refractivity contribution in [2.75, 3.05) is 6.54 Å². The van der Waals surface area contributed by atoms with Gasteiger partial charge in [0, 0.05) is 25.2 Å². The van der Waals surface area contributed by atoms with Gasteiger partial charge >= 0.3 is 5.97 Å². The summed E-state index contributed by atoms with van der Waals surface area (Å²) < 4.78 is 1.34. The molecule has 0 bridgehead atoms. The monoisotopic (exact) mass is 295 g/mol. The molecule has 3 N–H and O–H groups in total. The zero-order valence-corrected chi connectivity index (χ0v) is 12.3. The van der Waals surface area contributed by atoms with Crippen LogP contribution in [0.1, 0.15) is 37.2 Å². The Kier molecular flexibility index (Phi) is 6.45. The van der Waals surface area contributed by atoms with E-state index in [0.717, 1.165) is 6.42 Å². The number of nitrogens with one attached hydrogen (secondary N) is 2. The van der Waals surface area contributed by atoms with Crippen molar-refractivity contribution in [3.63, 3.8) is 0 Å². The molecular weight excluding hydrogens is 274 g/mol. The lowest BCUT2D eigenvalue weighted by Gasteiger charge is -2.12. The quantitative estimate of drug-likeness (QED) is 0.654. The number of nitrogens with zero attached hydrogens (tertiary/aromatic N) is 1. The maximum Gasteiger partial charge on any atom is 0.352 e. The second-order valence-electron chi connectivity index (χ2n) is 4.80. The van der Waals surface area contributed by atoms with Gasteiger partial charge in [0.1, 0.15) is 12.2 Å². The molecule has 0 aliphatic heterocycles. The topological polar surface area (TPSA) is 100 Å². The van der Waals surface area contributed by atoms with Gasteiger partial charge in [0.25, 0.3) is 0 Å². The van der Waals surface area contributed by atoms with Gasteiger partial charge in [0.15, 0.2) is 0 Å². The standard InChI is InChI=1S/C14H21N3O4/c1-3-10(2)16-12(18)6-7-15-13(19)9-17-8-4-5-11(17)14(20)21/h4-5,8,10H,3,6-7,9H2,1-2H3,(H,15,19)(H,16,18)(H,20,21). The Morgan fingerprint density at radius 3 is 2.67 bits per heavy atom. The van der Waals surface area contributed by atoms with E-state index >= 15 is 0 Å². The smallest absolute Gasteiger partial charge is 0.352 e.